The van der Waals surface area contributed by atoms with Crippen LogP contribution in [0.2, 0.25) is 0 Å². The standard InChI is InChI=1S/C20H26F2N2O/c21-18-5-13-6-19(22,10-18)12-20(7-13,11-18)24-16-8-23-17(9-25)15-4-2-1-3-14(15)16/h8,13,24-25H,1-7,9-12H2. The summed E-state index contributed by atoms with van der Waals surface area (Å²) < 4.78 is 30.4. The van der Waals surface area contributed by atoms with Crippen LogP contribution in [0.3, 0.4) is 0 Å². The Morgan fingerprint density at radius 3 is 2.36 bits per heavy atom. The number of rotatable bonds is 3. The molecule has 1 aromatic heterocycles. The summed E-state index contributed by atoms with van der Waals surface area (Å²) in [6, 6.07) is 0. The van der Waals surface area contributed by atoms with Gasteiger partial charge in [-0.1, -0.05) is 0 Å². The van der Waals surface area contributed by atoms with Gasteiger partial charge in [-0.2, -0.15) is 0 Å². The number of anilines is 1. The van der Waals surface area contributed by atoms with Crippen molar-refractivity contribution in [3.8, 4) is 0 Å². The molecule has 5 heteroatoms. The predicted molar refractivity (Wildman–Crippen MR) is 92.0 cm³/mol. The van der Waals surface area contributed by atoms with Gasteiger partial charge in [-0.3, -0.25) is 4.98 Å². The monoisotopic (exact) mass is 348 g/mol. The number of pyridine rings is 1. The van der Waals surface area contributed by atoms with Crippen molar-refractivity contribution >= 4 is 5.69 Å². The van der Waals surface area contributed by atoms with Gasteiger partial charge in [0, 0.05) is 24.8 Å². The van der Waals surface area contributed by atoms with Crippen LogP contribution in [-0.4, -0.2) is 27.0 Å². The van der Waals surface area contributed by atoms with Gasteiger partial charge < -0.3 is 10.4 Å². The molecule has 0 saturated heterocycles. The molecule has 4 bridgehead atoms. The highest BCUT2D eigenvalue weighted by atomic mass is 19.2. The Morgan fingerprint density at radius 1 is 1.04 bits per heavy atom. The Morgan fingerprint density at radius 2 is 1.72 bits per heavy atom. The van der Waals surface area contributed by atoms with Crippen LogP contribution in [-0.2, 0) is 19.4 Å². The SMILES string of the molecule is OCc1ncc(NC23CC4CC(F)(CC(F)(C4)C2)C3)c2c1CCCC2. The Hall–Kier alpha value is -1.23. The van der Waals surface area contributed by atoms with Crippen molar-refractivity contribution in [3.05, 3.63) is 23.0 Å². The normalized spacial score (nSPS) is 41.6. The summed E-state index contributed by atoms with van der Waals surface area (Å²) in [5.74, 6) is 0.152. The van der Waals surface area contributed by atoms with E-state index in [1.165, 1.54) is 5.56 Å². The Balaban J connectivity index is 1.52. The minimum absolute atomic E-state index is 0.0446. The minimum Gasteiger partial charge on any atom is -0.390 e. The lowest BCUT2D eigenvalue weighted by Crippen LogP contribution is -2.65. The van der Waals surface area contributed by atoms with Gasteiger partial charge in [-0.25, -0.2) is 8.78 Å². The van der Waals surface area contributed by atoms with Crippen LogP contribution in [0, 0.1) is 5.92 Å². The number of aliphatic hydroxyl groups is 1. The summed E-state index contributed by atoms with van der Waals surface area (Å²) in [6.45, 7) is -0.0446. The third-order valence-corrected chi connectivity index (χ3v) is 6.97. The molecule has 2 unspecified atom stereocenters. The Labute approximate surface area is 147 Å². The van der Waals surface area contributed by atoms with E-state index in [-0.39, 0.29) is 18.9 Å². The lowest BCUT2D eigenvalue weighted by molar-refractivity contribution is -0.137. The summed E-state index contributed by atoms with van der Waals surface area (Å²) in [7, 11) is 0. The third-order valence-electron chi connectivity index (χ3n) is 6.97. The molecule has 5 aliphatic rings. The second kappa shape index (κ2) is 5.15. The van der Waals surface area contributed by atoms with E-state index < -0.39 is 16.9 Å². The quantitative estimate of drug-likeness (QED) is 0.867. The maximum absolute atomic E-state index is 15.2. The smallest absolute Gasteiger partial charge is 0.116 e. The third kappa shape index (κ3) is 2.49. The molecule has 0 spiro atoms. The van der Waals surface area contributed by atoms with E-state index in [4.69, 9.17) is 0 Å². The number of alkyl halides is 2. The topological polar surface area (TPSA) is 45.2 Å². The van der Waals surface area contributed by atoms with Crippen molar-refractivity contribution in [2.45, 2.75) is 87.7 Å². The number of nitrogens with one attached hydrogen (secondary N) is 1. The summed E-state index contributed by atoms with van der Waals surface area (Å²) in [5.41, 5.74) is 0.890. The maximum Gasteiger partial charge on any atom is 0.116 e. The zero-order valence-corrected chi connectivity index (χ0v) is 14.6. The van der Waals surface area contributed by atoms with Crippen molar-refractivity contribution in [1.82, 2.24) is 4.98 Å². The second-order valence-electron chi connectivity index (χ2n) is 9.16. The van der Waals surface area contributed by atoms with Crippen molar-refractivity contribution in [3.63, 3.8) is 0 Å². The fourth-order valence-electron chi connectivity index (χ4n) is 6.69. The largest absolute Gasteiger partial charge is 0.390 e. The first-order valence-corrected chi connectivity index (χ1v) is 9.68. The number of nitrogens with zero attached hydrogens (tertiary/aromatic N) is 1. The fourth-order valence-corrected chi connectivity index (χ4v) is 6.69. The van der Waals surface area contributed by atoms with Gasteiger partial charge in [0.15, 0.2) is 0 Å². The molecule has 2 atom stereocenters. The fraction of sp³-hybridized carbons (Fsp3) is 0.750. The highest BCUT2D eigenvalue weighted by Crippen LogP contribution is 2.62. The van der Waals surface area contributed by atoms with Crippen molar-refractivity contribution in [2.24, 2.45) is 5.92 Å². The number of hydrogen-bond donors (Lipinski definition) is 2. The molecule has 1 aromatic rings. The molecule has 0 aliphatic heterocycles. The number of fused-ring (bicyclic) bond motifs is 1. The van der Waals surface area contributed by atoms with E-state index in [0.717, 1.165) is 49.0 Å². The van der Waals surface area contributed by atoms with Crippen LogP contribution in [0.15, 0.2) is 6.20 Å². The molecule has 3 nitrogen and oxygen atoms in total. The number of halogens is 2. The van der Waals surface area contributed by atoms with Crippen LogP contribution < -0.4 is 5.32 Å². The first-order chi connectivity index (χ1) is 11.9. The molecule has 2 N–H and O–H groups in total. The first kappa shape index (κ1) is 16.0. The Bertz CT molecular complexity index is 704. The van der Waals surface area contributed by atoms with Crippen LogP contribution in [0.4, 0.5) is 14.5 Å². The highest BCUT2D eigenvalue weighted by Gasteiger charge is 2.64. The van der Waals surface area contributed by atoms with E-state index in [2.05, 4.69) is 10.3 Å². The molecule has 0 aromatic carbocycles. The molecule has 4 fully saturated rings. The van der Waals surface area contributed by atoms with Gasteiger partial charge in [0.25, 0.3) is 0 Å². The molecular formula is C20H26F2N2O. The summed E-state index contributed by atoms with van der Waals surface area (Å²) in [4.78, 5) is 4.44. The van der Waals surface area contributed by atoms with Crippen LogP contribution >= 0.6 is 0 Å². The van der Waals surface area contributed by atoms with Crippen molar-refractivity contribution < 1.29 is 13.9 Å². The zero-order chi connectivity index (χ0) is 17.3. The van der Waals surface area contributed by atoms with Crippen molar-refractivity contribution in [1.29, 1.82) is 0 Å². The molecule has 25 heavy (non-hydrogen) atoms. The highest BCUT2D eigenvalue weighted by molar-refractivity contribution is 5.57. The molecule has 6 rings (SSSR count). The first-order valence-electron chi connectivity index (χ1n) is 9.68. The van der Waals surface area contributed by atoms with E-state index in [9.17, 15) is 5.11 Å². The number of hydrogen-bond acceptors (Lipinski definition) is 3. The van der Waals surface area contributed by atoms with Gasteiger partial charge >= 0.3 is 0 Å². The van der Waals surface area contributed by atoms with E-state index in [1.807, 2.05) is 0 Å². The van der Waals surface area contributed by atoms with Crippen molar-refractivity contribution in [2.75, 3.05) is 5.32 Å². The molecule has 5 aliphatic carbocycles. The van der Waals surface area contributed by atoms with Gasteiger partial charge in [-0.15, -0.1) is 0 Å². The predicted octanol–water partition coefficient (Wildman–Crippen LogP) is 4.02. The summed E-state index contributed by atoms with van der Waals surface area (Å²) in [6.07, 6.45) is 8.73. The van der Waals surface area contributed by atoms with E-state index >= 15 is 8.78 Å². The van der Waals surface area contributed by atoms with Crippen LogP contribution in [0.5, 0.6) is 0 Å². The Kier molecular flexibility index (Phi) is 3.29. The zero-order valence-electron chi connectivity index (χ0n) is 14.6. The summed E-state index contributed by atoms with van der Waals surface area (Å²) in [5, 5.41) is 13.2. The molecular weight excluding hydrogens is 322 g/mol. The van der Waals surface area contributed by atoms with Gasteiger partial charge in [0.1, 0.15) is 11.3 Å². The average Bonchev–Trinajstić information content (AvgIpc) is 2.51. The molecule has 1 heterocycles. The average molecular weight is 348 g/mol. The lowest BCUT2D eigenvalue weighted by Gasteiger charge is -2.61. The summed E-state index contributed by atoms with van der Waals surface area (Å²) >= 11 is 0. The molecule has 0 radical (unpaired) electrons. The second-order valence-corrected chi connectivity index (χ2v) is 9.16. The van der Waals surface area contributed by atoms with Crippen LogP contribution in [0.1, 0.15) is 68.2 Å². The van der Waals surface area contributed by atoms with Gasteiger partial charge in [0.05, 0.1) is 24.2 Å². The molecule has 0 amide bonds. The minimum atomic E-state index is -1.35. The van der Waals surface area contributed by atoms with Gasteiger partial charge in [-0.05, 0) is 62.0 Å². The van der Waals surface area contributed by atoms with Crippen LogP contribution in [0.25, 0.3) is 0 Å². The number of aromatic nitrogens is 1. The molecule has 4 saturated carbocycles. The van der Waals surface area contributed by atoms with E-state index in [1.54, 1.807) is 6.20 Å². The van der Waals surface area contributed by atoms with Gasteiger partial charge in [0.2, 0.25) is 0 Å². The molecule has 136 valence electrons. The van der Waals surface area contributed by atoms with E-state index in [0.29, 0.717) is 25.7 Å². The maximum atomic E-state index is 15.2. The number of aliphatic hydroxyl groups excluding tert-OH is 1. The lowest BCUT2D eigenvalue weighted by atomic mass is 9.50.